The number of benzene rings is 2. The van der Waals surface area contributed by atoms with Crippen LogP contribution in [-0.2, 0) is 20.6 Å². The number of anilines is 2. The van der Waals surface area contributed by atoms with Crippen molar-refractivity contribution >= 4 is 39.1 Å². The van der Waals surface area contributed by atoms with Crippen molar-refractivity contribution in [2.75, 3.05) is 24.3 Å². The van der Waals surface area contributed by atoms with Crippen LogP contribution < -0.4 is 14.4 Å². The van der Waals surface area contributed by atoms with Crippen molar-refractivity contribution in [2.45, 2.75) is 55.7 Å². The van der Waals surface area contributed by atoms with Crippen LogP contribution in [0.3, 0.4) is 0 Å². The summed E-state index contributed by atoms with van der Waals surface area (Å²) in [6.45, 7) is 4.62. The number of carbonyl (C=O) groups is 1. The number of nitrogens with zero attached hydrogens (tertiary/aromatic N) is 1. The van der Waals surface area contributed by atoms with Gasteiger partial charge in [0.15, 0.2) is 0 Å². The number of sulfonamides is 1. The minimum atomic E-state index is -3.83. The maximum atomic E-state index is 13.7. The molecule has 1 heterocycles. The lowest BCUT2D eigenvalue weighted by Gasteiger charge is -2.36. The van der Waals surface area contributed by atoms with Crippen LogP contribution in [0.25, 0.3) is 0 Å². The fourth-order valence-electron chi connectivity index (χ4n) is 4.17. The van der Waals surface area contributed by atoms with Crippen molar-refractivity contribution < 1.29 is 23.1 Å². The Hall–Kier alpha value is -2.23. The summed E-state index contributed by atoms with van der Waals surface area (Å²) < 4.78 is 36.0. The summed E-state index contributed by atoms with van der Waals surface area (Å²) in [5, 5.41) is 8.98. The largest absolute Gasteiger partial charge is 0.496 e. The van der Waals surface area contributed by atoms with E-state index < -0.39 is 21.5 Å². The Morgan fingerprint density at radius 3 is 2.58 bits per heavy atom. The van der Waals surface area contributed by atoms with Gasteiger partial charge < -0.3 is 14.7 Å². The molecule has 7 nitrogen and oxygen atoms in total. The third kappa shape index (κ3) is 5.83. The molecule has 0 fully saturated rings. The van der Waals surface area contributed by atoms with Gasteiger partial charge in [0.25, 0.3) is 0 Å². The molecule has 1 aliphatic rings. The molecule has 0 bridgehead atoms. The summed E-state index contributed by atoms with van der Waals surface area (Å²) in [5.74, 6) is -0.113. The average Bonchev–Trinajstić information content (AvgIpc) is 2.90. The molecule has 0 saturated carbocycles. The van der Waals surface area contributed by atoms with Crippen LogP contribution in [0, 0.1) is 0 Å². The van der Waals surface area contributed by atoms with Gasteiger partial charge in [-0.15, -0.1) is 11.8 Å². The number of methoxy groups -OCH3 is 1. The quantitative estimate of drug-likeness (QED) is 0.493. The van der Waals surface area contributed by atoms with E-state index in [0.29, 0.717) is 35.7 Å². The van der Waals surface area contributed by atoms with Gasteiger partial charge in [-0.25, -0.2) is 13.1 Å². The topological polar surface area (TPSA) is 95.9 Å². The number of thioether (sulfide) groups is 1. The zero-order chi connectivity index (χ0) is 24.1. The van der Waals surface area contributed by atoms with Crippen molar-refractivity contribution in [3.63, 3.8) is 0 Å². The molecule has 0 spiro atoms. The fraction of sp³-hybridized carbons (Fsp3) is 0.458. The SMILES string of the molecule is CCCCC1(CC)CN(c2ccccc2)c2cc(OC)c(CSCC(=O)O)cc2S(=O)(=O)N1. The molecule has 2 N–H and O–H groups in total. The highest BCUT2D eigenvalue weighted by Gasteiger charge is 2.41. The number of nitrogens with one attached hydrogen (secondary N) is 1. The standard InChI is InChI=1S/C24H32N2O5S2/c1-4-6-12-24(5-2)17-26(19-10-8-7-9-11-19)20-14-21(31-3)18(15-32-16-23(27)28)13-22(20)33(29,30)25-24/h7-11,13-14,25H,4-6,12,15-17H2,1-3H3,(H,27,28). The van der Waals surface area contributed by atoms with E-state index in [1.54, 1.807) is 19.2 Å². The number of carboxylic acids is 1. The van der Waals surface area contributed by atoms with Gasteiger partial charge >= 0.3 is 5.97 Å². The number of fused-ring (bicyclic) bond motifs is 1. The van der Waals surface area contributed by atoms with Crippen LogP contribution in [-0.4, -0.2) is 44.4 Å². The second kappa shape index (κ2) is 10.8. The molecule has 1 atom stereocenters. The van der Waals surface area contributed by atoms with Gasteiger partial charge in [-0.05, 0) is 31.0 Å². The van der Waals surface area contributed by atoms with Crippen LogP contribution in [0.15, 0.2) is 47.4 Å². The van der Waals surface area contributed by atoms with E-state index in [0.717, 1.165) is 24.9 Å². The lowest BCUT2D eigenvalue weighted by Crippen LogP contribution is -2.52. The second-order valence-electron chi connectivity index (χ2n) is 8.28. The highest BCUT2D eigenvalue weighted by Crippen LogP contribution is 2.42. The van der Waals surface area contributed by atoms with Crippen LogP contribution in [0.1, 0.15) is 45.1 Å². The van der Waals surface area contributed by atoms with Crippen molar-refractivity contribution in [3.05, 3.63) is 48.0 Å². The smallest absolute Gasteiger partial charge is 0.313 e. The van der Waals surface area contributed by atoms with Crippen LogP contribution in [0.2, 0.25) is 0 Å². The third-order valence-electron chi connectivity index (χ3n) is 5.99. The molecule has 1 aliphatic heterocycles. The Morgan fingerprint density at radius 2 is 1.97 bits per heavy atom. The van der Waals surface area contributed by atoms with Crippen molar-refractivity contribution in [3.8, 4) is 5.75 Å². The minimum Gasteiger partial charge on any atom is -0.496 e. The van der Waals surface area contributed by atoms with Crippen molar-refractivity contribution in [1.29, 1.82) is 0 Å². The molecule has 180 valence electrons. The maximum Gasteiger partial charge on any atom is 0.313 e. The van der Waals surface area contributed by atoms with Crippen LogP contribution in [0.5, 0.6) is 5.75 Å². The number of hydrogen-bond acceptors (Lipinski definition) is 6. The number of carboxylic acid groups (broad SMARTS) is 1. The Bertz CT molecular complexity index is 1080. The number of ether oxygens (including phenoxy) is 1. The molecular formula is C24H32N2O5S2. The van der Waals surface area contributed by atoms with Gasteiger partial charge in [0.05, 0.1) is 24.1 Å². The zero-order valence-electron chi connectivity index (χ0n) is 19.3. The molecule has 33 heavy (non-hydrogen) atoms. The summed E-state index contributed by atoms with van der Waals surface area (Å²) in [6, 6.07) is 13.2. The van der Waals surface area contributed by atoms with Gasteiger partial charge in [-0.2, -0.15) is 0 Å². The molecule has 0 aromatic heterocycles. The van der Waals surface area contributed by atoms with Crippen LogP contribution >= 0.6 is 11.8 Å². The molecule has 0 saturated heterocycles. The van der Waals surface area contributed by atoms with Gasteiger partial charge in [0, 0.05) is 29.6 Å². The third-order valence-corrected chi connectivity index (χ3v) is 8.56. The average molecular weight is 493 g/mol. The first kappa shape index (κ1) is 25.4. The monoisotopic (exact) mass is 492 g/mol. The van der Waals surface area contributed by atoms with E-state index in [-0.39, 0.29) is 10.6 Å². The van der Waals surface area contributed by atoms with E-state index in [1.165, 1.54) is 11.8 Å². The summed E-state index contributed by atoms with van der Waals surface area (Å²) in [5.41, 5.74) is 1.50. The van der Waals surface area contributed by atoms with Gasteiger partial charge in [0.1, 0.15) is 10.6 Å². The molecular weight excluding hydrogens is 460 g/mol. The second-order valence-corrected chi connectivity index (χ2v) is 10.9. The Kier molecular flexibility index (Phi) is 8.31. The number of para-hydroxylation sites is 1. The zero-order valence-corrected chi connectivity index (χ0v) is 21.0. The summed E-state index contributed by atoms with van der Waals surface area (Å²) in [6.07, 6.45) is 3.27. The van der Waals surface area contributed by atoms with Crippen LogP contribution in [0.4, 0.5) is 11.4 Å². The molecule has 0 aliphatic carbocycles. The molecule has 0 radical (unpaired) electrons. The molecule has 0 amide bonds. The lowest BCUT2D eigenvalue weighted by molar-refractivity contribution is -0.133. The maximum absolute atomic E-state index is 13.7. The number of unbranched alkanes of at least 4 members (excludes halogenated alkanes) is 1. The van der Waals surface area contributed by atoms with E-state index in [2.05, 4.69) is 16.5 Å². The molecule has 9 heteroatoms. The van der Waals surface area contributed by atoms with Crippen molar-refractivity contribution in [2.24, 2.45) is 0 Å². The van der Waals surface area contributed by atoms with Gasteiger partial charge in [-0.3, -0.25) is 4.79 Å². The number of hydrogen-bond donors (Lipinski definition) is 2. The first-order valence-corrected chi connectivity index (χ1v) is 13.8. The van der Waals surface area contributed by atoms with E-state index in [4.69, 9.17) is 9.84 Å². The lowest BCUT2D eigenvalue weighted by atomic mass is 9.89. The fourth-order valence-corrected chi connectivity index (χ4v) is 6.63. The van der Waals surface area contributed by atoms with Gasteiger partial charge in [-0.1, -0.05) is 44.9 Å². The Labute approximate surface area is 200 Å². The first-order valence-electron chi connectivity index (χ1n) is 11.1. The molecule has 3 rings (SSSR count). The van der Waals surface area contributed by atoms with E-state index in [9.17, 15) is 13.2 Å². The molecule has 2 aromatic carbocycles. The minimum absolute atomic E-state index is 0.0721. The summed E-state index contributed by atoms with van der Waals surface area (Å²) in [4.78, 5) is 13.2. The highest BCUT2D eigenvalue weighted by atomic mass is 32.2. The van der Waals surface area contributed by atoms with E-state index in [1.807, 2.05) is 37.3 Å². The number of aliphatic carboxylic acids is 1. The number of rotatable bonds is 10. The first-order chi connectivity index (χ1) is 15.7. The van der Waals surface area contributed by atoms with Gasteiger partial charge in [0.2, 0.25) is 10.0 Å². The van der Waals surface area contributed by atoms with E-state index >= 15 is 0 Å². The predicted molar refractivity (Wildman–Crippen MR) is 133 cm³/mol. The predicted octanol–water partition coefficient (Wildman–Crippen LogP) is 4.78. The molecule has 1 unspecified atom stereocenters. The summed E-state index contributed by atoms with van der Waals surface area (Å²) >= 11 is 1.20. The normalized spacial score (nSPS) is 19.5. The summed E-state index contributed by atoms with van der Waals surface area (Å²) in [7, 11) is -2.29. The highest BCUT2D eigenvalue weighted by molar-refractivity contribution is 7.99. The Morgan fingerprint density at radius 1 is 1.24 bits per heavy atom. The Balaban J connectivity index is 2.18. The van der Waals surface area contributed by atoms with Crippen molar-refractivity contribution in [1.82, 2.24) is 4.72 Å². The molecule has 2 aromatic rings.